The maximum Gasteiger partial charge on any atom is 0.254 e. The number of benzene rings is 2. The first-order valence-corrected chi connectivity index (χ1v) is 12.5. The molecule has 0 bridgehead atoms. The van der Waals surface area contributed by atoms with Crippen LogP contribution in [-0.4, -0.2) is 59.9 Å². The standard InChI is InChI=1S/C28H33N3O4/c1-5-13-30-17-24(32)31-16-20(18-11-12-22(35-14-6-2)23(15-18)34-4)25-19-9-7-8-10-21(19)29-26(25)28(31,3)27(30)33/h7-12,15,20,29H,5-6,13-14,16-17H2,1-4H3/t20?,28-/m0/s1. The summed E-state index contributed by atoms with van der Waals surface area (Å²) in [7, 11) is 1.64. The predicted molar refractivity (Wildman–Crippen MR) is 135 cm³/mol. The summed E-state index contributed by atoms with van der Waals surface area (Å²) in [6.45, 7) is 7.72. The van der Waals surface area contributed by atoms with Crippen LogP contribution in [0.2, 0.25) is 0 Å². The molecule has 7 nitrogen and oxygen atoms in total. The third-order valence-electron chi connectivity index (χ3n) is 7.36. The van der Waals surface area contributed by atoms with Gasteiger partial charge in [0.15, 0.2) is 17.0 Å². The van der Waals surface area contributed by atoms with Gasteiger partial charge < -0.3 is 24.3 Å². The topological polar surface area (TPSA) is 74.9 Å². The minimum absolute atomic E-state index is 0.0221. The van der Waals surface area contributed by atoms with Crippen LogP contribution in [-0.2, 0) is 15.1 Å². The second-order valence-electron chi connectivity index (χ2n) is 9.57. The highest BCUT2D eigenvalue weighted by atomic mass is 16.5. The number of nitrogens with zero attached hydrogens (tertiary/aromatic N) is 2. The number of rotatable bonds is 7. The first-order valence-electron chi connectivity index (χ1n) is 12.5. The number of para-hydroxylation sites is 1. The molecule has 0 radical (unpaired) electrons. The Labute approximate surface area is 206 Å². The van der Waals surface area contributed by atoms with Crippen LogP contribution in [0.3, 0.4) is 0 Å². The Balaban J connectivity index is 1.69. The number of carbonyl (C=O) groups is 2. The molecule has 1 N–H and O–H groups in total. The van der Waals surface area contributed by atoms with Gasteiger partial charge in [0.1, 0.15) is 0 Å². The monoisotopic (exact) mass is 475 g/mol. The lowest BCUT2D eigenvalue weighted by molar-refractivity contribution is -0.166. The molecule has 3 aromatic rings. The highest BCUT2D eigenvalue weighted by Crippen LogP contribution is 2.48. The van der Waals surface area contributed by atoms with Crippen molar-refractivity contribution in [1.82, 2.24) is 14.8 Å². The molecular weight excluding hydrogens is 442 g/mol. The lowest BCUT2D eigenvalue weighted by Crippen LogP contribution is -2.67. The molecule has 2 aromatic carbocycles. The van der Waals surface area contributed by atoms with Crippen LogP contribution >= 0.6 is 0 Å². The summed E-state index contributed by atoms with van der Waals surface area (Å²) in [5.41, 5.74) is 2.80. The third kappa shape index (κ3) is 3.56. The fourth-order valence-electron chi connectivity index (χ4n) is 5.66. The molecule has 5 rings (SSSR count). The molecule has 35 heavy (non-hydrogen) atoms. The molecule has 0 aliphatic carbocycles. The quantitative estimate of drug-likeness (QED) is 0.549. The summed E-state index contributed by atoms with van der Waals surface area (Å²) in [6.07, 6.45) is 1.72. The molecule has 2 atom stereocenters. The first kappa shape index (κ1) is 23.3. The molecule has 2 aliphatic heterocycles. The normalized spacial score (nSPS) is 21.8. The van der Waals surface area contributed by atoms with Gasteiger partial charge in [0, 0.05) is 29.9 Å². The summed E-state index contributed by atoms with van der Waals surface area (Å²) in [5.74, 6) is 1.21. The number of amides is 2. The van der Waals surface area contributed by atoms with E-state index in [1.807, 2.05) is 50.2 Å². The minimum Gasteiger partial charge on any atom is -0.493 e. The van der Waals surface area contributed by atoms with Crippen molar-refractivity contribution in [3.8, 4) is 11.5 Å². The van der Waals surface area contributed by atoms with Crippen LogP contribution in [0.1, 0.15) is 56.4 Å². The van der Waals surface area contributed by atoms with Crippen molar-refractivity contribution < 1.29 is 19.1 Å². The fourth-order valence-corrected chi connectivity index (χ4v) is 5.66. The summed E-state index contributed by atoms with van der Waals surface area (Å²) < 4.78 is 11.5. The van der Waals surface area contributed by atoms with Gasteiger partial charge in [-0.15, -0.1) is 0 Å². The van der Waals surface area contributed by atoms with E-state index in [0.717, 1.165) is 40.6 Å². The number of carbonyl (C=O) groups excluding carboxylic acids is 2. The molecule has 184 valence electrons. The number of aromatic nitrogens is 1. The average molecular weight is 476 g/mol. The highest BCUT2D eigenvalue weighted by molar-refractivity contribution is 6.01. The molecule has 1 aromatic heterocycles. The number of methoxy groups -OCH3 is 1. The van der Waals surface area contributed by atoms with Crippen molar-refractivity contribution in [2.24, 2.45) is 0 Å². The maximum absolute atomic E-state index is 13.8. The number of piperazine rings is 1. The SMILES string of the molecule is CCCOc1ccc(C2CN3C(=O)CN(CCC)C(=O)[C@]3(C)c3[nH]c4ccccc4c32)cc1OC. The highest BCUT2D eigenvalue weighted by Gasteiger charge is 2.56. The van der Waals surface area contributed by atoms with Crippen molar-refractivity contribution in [3.05, 3.63) is 59.3 Å². The molecule has 3 heterocycles. The van der Waals surface area contributed by atoms with Crippen molar-refractivity contribution in [2.45, 2.75) is 45.1 Å². The molecule has 2 aliphatic rings. The summed E-state index contributed by atoms with van der Waals surface area (Å²) in [6, 6.07) is 14.1. The van der Waals surface area contributed by atoms with Crippen LogP contribution in [0.15, 0.2) is 42.5 Å². The van der Waals surface area contributed by atoms with E-state index < -0.39 is 5.54 Å². The summed E-state index contributed by atoms with van der Waals surface area (Å²) in [4.78, 5) is 34.3. The molecular formula is C28H33N3O4. The van der Waals surface area contributed by atoms with Crippen LogP contribution in [0.25, 0.3) is 10.9 Å². The van der Waals surface area contributed by atoms with E-state index in [1.54, 1.807) is 16.9 Å². The number of hydrogen-bond donors (Lipinski definition) is 1. The molecule has 2 amide bonds. The average Bonchev–Trinajstić information content (AvgIpc) is 3.27. The summed E-state index contributed by atoms with van der Waals surface area (Å²) in [5, 5.41) is 1.08. The van der Waals surface area contributed by atoms with Gasteiger partial charge in [-0.1, -0.05) is 38.1 Å². The van der Waals surface area contributed by atoms with E-state index in [-0.39, 0.29) is 24.3 Å². The molecule has 0 saturated carbocycles. The van der Waals surface area contributed by atoms with E-state index in [0.29, 0.717) is 31.2 Å². The van der Waals surface area contributed by atoms with E-state index in [1.165, 1.54) is 0 Å². The second-order valence-corrected chi connectivity index (χ2v) is 9.57. The van der Waals surface area contributed by atoms with Gasteiger partial charge in [0.25, 0.3) is 5.91 Å². The van der Waals surface area contributed by atoms with Crippen molar-refractivity contribution >= 4 is 22.7 Å². The third-order valence-corrected chi connectivity index (χ3v) is 7.36. The molecule has 7 heteroatoms. The Morgan fingerprint density at radius 1 is 1.09 bits per heavy atom. The van der Waals surface area contributed by atoms with E-state index >= 15 is 0 Å². The van der Waals surface area contributed by atoms with Gasteiger partial charge in [-0.05, 0) is 49.1 Å². The van der Waals surface area contributed by atoms with Gasteiger partial charge in [-0.25, -0.2) is 0 Å². The lowest BCUT2D eigenvalue weighted by Gasteiger charge is -2.51. The van der Waals surface area contributed by atoms with Gasteiger partial charge >= 0.3 is 0 Å². The Morgan fingerprint density at radius 2 is 1.89 bits per heavy atom. The Morgan fingerprint density at radius 3 is 2.63 bits per heavy atom. The number of fused-ring (bicyclic) bond motifs is 5. The first-order chi connectivity index (χ1) is 16.9. The van der Waals surface area contributed by atoms with Crippen LogP contribution < -0.4 is 9.47 Å². The maximum atomic E-state index is 13.8. The van der Waals surface area contributed by atoms with Crippen molar-refractivity contribution in [2.75, 3.05) is 33.4 Å². The number of ether oxygens (including phenoxy) is 2. The van der Waals surface area contributed by atoms with Crippen LogP contribution in [0.5, 0.6) is 11.5 Å². The second kappa shape index (κ2) is 8.95. The Hall–Kier alpha value is -3.48. The zero-order valence-corrected chi connectivity index (χ0v) is 20.9. The van der Waals surface area contributed by atoms with Crippen LogP contribution in [0.4, 0.5) is 0 Å². The fraction of sp³-hybridized carbons (Fsp3) is 0.429. The van der Waals surface area contributed by atoms with Gasteiger partial charge in [0.2, 0.25) is 5.91 Å². The summed E-state index contributed by atoms with van der Waals surface area (Å²) >= 11 is 0. The Bertz CT molecular complexity index is 1280. The van der Waals surface area contributed by atoms with Gasteiger partial charge in [0.05, 0.1) is 26.0 Å². The number of nitrogens with one attached hydrogen (secondary N) is 1. The smallest absolute Gasteiger partial charge is 0.254 e. The lowest BCUT2D eigenvalue weighted by atomic mass is 9.76. The van der Waals surface area contributed by atoms with E-state index in [2.05, 4.69) is 18.0 Å². The number of H-pyrrole nitrogens is 1. The molecule has 1 saturated heterocycles. The number of aromatic amines is 1. The van der Waals surface area contributed by atoms with Crippen molar-refractivity contribution in [3.63, 3.8) is 0 Å². The van der Waals surface area contributed by atoms with Gasteiger partial charge in [-0.2, -0.15) is 0 Å². The zero-order valence-electron chi connectivity index (χ0n) is 20.9. The van der Waals surface area contributed by atoms with E-state index in [4.69, 9.17) is 9.47 Å². The Kier molecular flexibility index (Phi) is 5.95. The van der Waals surface area contributed by atoms with Gasteiger partial charge in [-0.3, -0.25) is 9.59 Å². The zero-order chi connectivity index (χ0) is 24.7. The van der Waals surface area contributed by atoms with Crippen LogP contribution in [0, 0.1) is 0 Å². The molecule has 1 fully saturated rings. The van der Waals surface area contributed by atoms with E-state index in [9.17, 15) is 9.59 Å². The van der Waals surface area contributed by atoms with Crippen molar-refractivity contribution in [1.29, 1.82) is 0 Å². The minimum atomic E-state index is -1.07. The molecule has 0 spiro atoms. The predicted octanol–water partition coefficient (Wildman–Crippen LogP) is 4.41. The largest absolute Gasteiger partial charge is 0.493 e. The number of hydrogen-bond acceptors (Lipinski definition) is 4. The molecule has 1 unspecified atom stereocenters.